The Morgan fingerprint density at radius 1 is 1.32 bits per heavy atom. The number of hydrogen-bond acceptors (Lipinski definition) is 4. The van der Waals surface area contributed by atoms with Crippen LogP contribution >= 0.6 is 23.1 Å². The molecule has 0 aliphatic carbocycles. The number of amides is 1. The summed E-state index contributed by atoms with van der Waals surface area (Å²) in [5.41, 5.74) is 0.842. The molecule has 1 aromatic carbocycles. The number of aryl methyl sites for hydroxylation is 1. The Hall–Kier alpha value is -1.33. The van der Waals surface area contributed by atoms with Crippen molar-refractivity contribution in [3.05, 3.63) is 45.9 Å². The van der Waals surface area contributed by atoms with Gasteiger partial charge in [-0.1, -0.05) is 32.0 Å². The van der Waals surface area contributed by atoms with E-state index in [1.807, 2.05) is 25.1 Å². The normalized spacial score (nSPS) is 10.9. The number of benzene rings is 1. The summed E-state index contributed by atoms with van der Waals surface area (Å²) < 4.78 is 0. The molecule has 0 aliphatic rings. The minimum Gasteiger partial charge on any atom is -0.350 e. The molecule has 0 atom stereocenters. The van der Waals surface area contributed by atoms with Crippen molar-refractivity contribution in [2.24, 2.45) is 5.92 Å². The van der Waals surface area contributed by atoms with Crippen molar-refractivity contribution in [2.45, 2.75) is 32.1 Å². The van der Waals surface area contributed by atoms with Crippen molar-refractivity contribution >= 4 is 29.0 Å². The number of aromatic nitrogens is 1. The molecule has 3 nitrogen and oxygen atoms in total. The van der Waals surface area contributed by atoms with Gasteiger partial charge in [0.25, 0.3) is 5.91 Å². The molecule has 0 bridgehead atoms. The summed E-state index contributed by atoms with van der Waals surface area (Å²) in [6.07, 6.45) is 0.933. The third-order valence-electron chi connectivity index (χ3n) is 3.03. The smallest absolute Gasteiger partial charge is 0.263 e. The van der Waals surface area contributed by atoms with Crippen LogP contribution in [0.3, 0.4) is 0 Å². The minimum absolute atomic E-state index is 0.00123. The average Bonchev–Trinajstić information content (AvgIpc) is 2.84. The van der Waals surface area contributed by atoms with E-state index in [1.165, 1.54) is 16.2 Å². The molecule has 0 radical (unpaired) electrons. The number of nitrogens with zero attached hydrogens (tertiary/aromatic N) is 1. The van der Waals surface area contributed by atoms with E-state index in [1.54, 1.807) is 11.8 Å². The molecule has 2 aromatic rings. The zero-order chi connectivity index (χ0) is 15.9. The zero-order valence-electron chi connectivity index (χ0n) is 13.3. The maximum absolute atomic E-state index is 12.2. The predicted octanol–water partition coefficient (Wildman–Crippen LogP) is 4.17. The van der Waals surface area contributed by atoms with Crippen molar-refractivity contribution in [3.63, 3.8) is 0 Å². The molecule has 1 heterocycles. The van der Waals surface area contributed by atoms with E-state index in [4.69, 9.17) is 0 Å². The summed E-state index contributed by atoms with van der Waals surface area (Å²) >= 11 is 3.27. The van der Waals surface area contributed by atoms with Crippen LogP contribution in [-0.4, -0.2) is 23.2 Å². The van der Waals surface area contributed by atoms with E-state index >= 15 is 0 Å². The fourth-order valence-corrected chi connectivity index (χ4v) is 4.01. The van der Waals surface area contributed by atoms with Crippen LogP contribution in [-0.2, 0) is 6.42 Å². The first-order chi connectivity index (χ1) is 10.6. The second-order valence-corrected chi connectivity index (χ2v) is 7.79. The monoisotopic (exact) mass is 334 g/mol. The highest BCUT2D eigenvalue weighted by Gasteiger charge is 2.15. The Balaban J connectivity index is 1.81. The van der Waals surface area contributed by atoms with Crippen LogP contribution in [0.5, 0.6) is 0 Å². The number of thioether (sulfide) groups is 1. The second-order valence-electron chi connectivity index (χ2n) is 5.54. The Labute approximate surface area is 140 Å². The van der Waals surface area contributed by atoms with Gasteiger partial charge < -0.3 is 5.32 Å². The maximum atomic E-state index is 12.2. The molecule has 0 spiro atoms. The first-order valence-corrected chi connectivity index (χ1v) is 9.29. The molecule has 22 heavy (non-hydrogen) atoms. The Morgan fingerprint density at radius 3 is 2.73 bits per heavy atom. The van der Waals surface area contributed by atoms with Crippen molar-refractivity contribution in [2.75, 3.05) is 12.3 Å². The van der Waals surface area contributed by atoms with Gasteiger partial charge in [0.2, 0.25) is 0 Å². The molecule has 1 amide bonds. The lowest BCUT2D eigenvalue weighted by Crippen LogP contribution is -2.25. The van der Waals surface area contributed by atoms with E-state index in [0.717, 1.165) is 27.8 Å². The molecular weight excluding hydrogens is 312 g/mol. The van der Waals surface area contributed by atoms with Crippen LogP contribution in [0.15, 0.2) is 35.2 Å². The molecule has 2 rings (SSSR count). The Bertz CT molecular complexity index is 608. The van der Waals surface area contributed by atoms with Gasteiger partial charge in [0.05, 0.1) is 10.7 Å². The summed E-state index contributed by atoms with van der Waals surface area (Å²) in [7, 11) is 0. The fraction of sp³-hybridized carbons (Fsp3) is 0.412. The van der Waals surface area contributed by atoms with Crippen LogP contribution in [0, 0.1) is 12.8 Å². The molecule has 0 aliphatic heterocycles. The van der Waals surface area contributed by atoms with Crippen LogP contribution in [0.1, 0.15) is 34.2 Å². The summed E-state index contributed by atoms with van der Waals surface area (Å²) in [5.74, 6) is 1.43. The number of nitrogens with one attached hydrogen (secondary N) is 1. The molecule has 0 fully saturated rings. The molecule has 5 heteroatoms. The summed E-state index contributed by atoms with van der Waals surface area (Å²) in [6.45, 7) is 6.90. The first-order valence-electron chi connectivity index (χ1n) is 7.48. The SMILES string of the molecule is Cc1nc(CC(C)C)sc1C(=O)NCCSc1ccccc1. The van der Waals surface area contributed by atoms with Crippen LogP contribution in [0.2, 0.25) is 0 Å². The Morgan fingerprint density at radius 2 is 2.05 bits per heavy atom. The zero-order valence-corrected chi connectivity index (χ0v) is 14.9. The van der Waals surface area contributed by atoms with E-state index in [9.17, 15) is 4.79 Å². The Kier molecular flexibility index (Phi) is 6.46. The standard InChI is InChI=1S/C17H22N2OS2/c1-12(2)11-15-19-13(3)16(22-15)17(20)18-9-10-21-14-7-5-4-6-8-14/h4-8,12H,9-11H2,1-3H3,(H,18,20). The number of rotatable bonds is 7. The highest BCUT2D eigenvalue weighted by atomic mass is 32.2. The molecule has 118 valence electrons. The van der Waals surface area contributed by atoms with Gasteiger partial charge in [-0.2, -0.15) is 0 Å². The van der Waals surface area contributed by atoms with Gasteiger partial charge in [0.15, 0.2) is 0 Å². The topological polar surface area (TPSA) is 42.0 Å². The lowest BCUT2D eigenvalue weighted by molar-refractivity contribution is 0.0959. The summed E-state index contributed by atoms with van der Waals surface area (Å²) in [5, 5.41) is 4.04. The number of thiazole rings is 1. The maximum Gasteiger partial charge on any atom is 0.263 e. The van der Waals surface area contributed by atoms with Gasteiger partial charge in [0, 0.05) is 23.6 Å². The predicted molar refractivity (Wildman–Crippen MR) is 94.9 cm³/mol. The number of carbonyl (C=O) groups is 1. The highest BCUT2D eigenvalue weighted by molar-refractivity contribution is 7.99. The molecule has 1 aromatic heterocycles. The molecule has 0 unspecified atom stereocenters. The van der Waals surface area contributed by atoms with Gasteiger partial charge in [-0.05, 0) is 25.0 Å². The molecular formula is C17H22N2OS2. The van der Waals surface area contributed by atoms with Gasteiger partial charge in [-0.15, -0.1) is 23.1 Å². The molecule has 0 saturated carbocycles. The molecule has 0 saturated heterocycles. The van der Waals surface area contributed by atoms with E-state index in [0.29, 0.717) is 12.5 Å². The fourth-order valence-electron chi connectivity index (χ4n) is 2.03. The van der Waals surface area contributed by atoms with Crippen molar-refractivity contribution in [1.82, 2.24) is 10.3 Å². The lowest BCUT2D eigenvalue weighted by Gasteiger charge is -2.04. The van der Waals surface area contributed by atoms with Crippen molar-refractivity contribution in [1.29, 1.82) is 0 Å². The number of hydrogen-bond donors (Lipinski definition) is 1. The van der Waals surface area contributed by atoms with E-state index in [-0.39, 0.29) is 5.91 Å². The van der Waals surface area contributed by atoms with Crippen LogP contribution < -0.4 is 5.32 Å². The van der Waals surface area contributed by atoms with Crippen molar-refractivity contribution < 1.29 is 4.79 Å². The quantitative estimate of drug-likeness (QED) is 0.610. The van der Waals surface area contributed by atoms with E-state index in [2.05, 4.69) is 36.3 Å². The second kappa shape index (κ2) is 8.34. The first kappa shape index (κ1) is 17.0. The van der Waals surface area contributed by atoms with Gasteiger partial charge >= 0.3 is 0 Å². The average molecular weight is 335 g/mol. The third kappa shape index (κ3) is 5.14. The largest absolute Gasteiger partial charge is 0.350 e. The van der Waals surface area contributed by atoms with Gasteiger partial charge in [0.1, 0.15) is 4.88 Å². The van der Waals surface area contributed by atoms with Crippen LogP contribution in [0.25, 0.3) is 0 Å². The summed E-state index contributed by atoms with van der Waals surface area (Å²) in [4.78, 5) is 18.7. The van der Waals surface area contributed by atoms with Crippen LogP contribution in [0.4, 0.5) is 0 Å². The lowest BCUT2D eigenvalue weighted by atomic mass is 10.1. The minimum atomic E-state index is -0.00123. The van der Waals surface area contributed by atoms with Crippen molar-refractivity contribution in [3.8, 4) is 0 Å². The highest BCUT2D eigenvalue weighted by Crippen LogP contribution is 2.21. The molecule has 1 N–H and O–H groups in total. The van der Waals surface area contributed by atoms with Gasteiger partial charge in [-0.3, -0.25) is 4.79 Å². The number of carbonyl (C=O) groups excluding carboxylic acids is 1. The van der Waals surface area contributed by atoms with E-state index < -0.39 is 0 Å². The summed E-state index contributed by atoms with van der Waals surface area (Å²) in [6, 6.07) is 10.2. The van der Waals surface area contributed by atoms with Gasteiger partial charge in [-0.25, -0.2) is 4.98 Å². The third-order valence-corrected chi connectivity index (χ3v) is 5.22.